The smallest absolute Gasteiger partial charge is 0.0632 e. The number of morpholine rings is 1. The maximum Gasteiger partial charge on any atom is 0.0632 e. The third kappa shape index (κ3) is 4.35. The Bertz CT molecular complexity index is 88.2. The molecule has 3 heteroatoms. The Morgan fingerprint density at radius 2 is 2.09 bits per heavy atom. The van der Waals surface area contributed by atoms with Gasteiger partial charge < -0.3 is 15.8 Å². The standard InChI is InChI=1S/C6H14N2O.C2H6/c1-5-3-9-4-6(2-7)8-5;1-2/h5-6,8H,2-4,7H2,1H3;1-2H3. The van der Waals surface area contributed by atoms with Crippen LogP contribution in [0.4, 0.5) is 0 Å². The third-order valence-corrected chi connectivity index (χ3v) is 1.49. The van der Waals surface area contributed by atoms with Crippen LogP contribution in [0.1, 0.15) is 20.8 Å². The Morgan fingerprint density at radius 1 is 1.45 bits per heavy atom. The van der Waals surface area contributed by atoms with Gasteiger partial charge in [0, 0.05) is 18.6 Å². The summed E-state index contributed by atoms with van der Waals surface area (Å²) < 4.78 is 5.24. The lowest BCUT2D eigenvalue weighted by molar-refractivity contribution is 0.0532. The van der Waals surface area contributed by atoms with Gasteiger partial charge in [-0.2, -0.15) is 0 Å². The van der Waals surface area contributed by atoms with Gasteiger partial charge in [-0.05, 0) is 6.92 Å². The van der Waals surface area contributed by atoms with Crippen molar-refractivity contribution < 1.29 is 4.74 Å². The minimum atomic E-state index is 0.369. The predicted octanol–water partition coefficient (Wildman–Crippen LogP) is 0.348. The fourth-order valence-corrected chi connectivity index (χ4v) is 1.02. The maximum atomic E-state index is 5.42. The Kier molecular flexibility index (Phi) is 6.51. The molecular weight excluding hydrogens is 140 g/mol. The number of hydrogen-bond acceptors (Lipinski definition) is 3. The van der Waals surface area contributed by atoms with Crippen LogP contribution in [0.3, 0.4) is 0 Å². The molecule has 0 aromatic carbocycles. The van der Waals surface area contributed by atoms with Crippen LogP contribution in [0.5, 0.6) is 0 Å². The summed E-state index contributed by atoms with van der Waals surface area (Å²) in [6.45, 7) is 8.35. The average Bonchev–Trinajstić information content (AvgIpc) is 2.08. The summed E-state index contributed by atoms with van der Waals surface area (Å²) >= 11 is 0. The summed E-state index contributed by atoms with van der Waals surface area (Å²) in [6.07, 6.45) is 0. The normalized spacial score (nSPS) is 30.5. The second kappa shape index (κ2) is 6.58. The van der Waals surface area contributed by atoms with Crippen LogP contribution in [-0.4, -0.2) is 31.8 Å². The van der Waals surface area contributed by atoms with E-state index in [2.05, 4.69) is 12.2 Å². The number of nitrogens with two attached hydrogens (primary N) is 1. The average molecular weight is 160 g/mol. The number of hydrogen-bond donors (Lipinski definition) is 2. The molecule has 0 aromatic rings. The Labute approximate surface area is 69.3 Å². The molecule has 0 aliphatic carbocycles. The topological polar surface area (TPSA) is 47.3 Å². The van der Waals surface area contributed by atoms with Crippen molar-refractivity contribution in [1.29, 1.82) is 0 Å². The lowest BCUT2D eigenvalue weighted by atomic mass is 10.2. The minimum absolute atomic E-state index is 0.369. The van der Waals surface area contributed by atoms with E-state index in [9.17, 15) is 0 Å². The summed E-state index contributed by atoms with van der Waals surface area (Å²) in [6, 6.07) is 0.834. The van der Waals surface area contributed by atoms with E-state index in [1.54, 1.807) is 0 Å². The first-order valence-electron chi connectivity index (χ1n) is 4.37. The van der Waals surface area contributed by atoms with Gasteiger partial charge in [-0.15, -0.1) is 0 Å². The van der Waals surface area contributed by atoms with Crippen LogP contribution < -0.4 is 11.1 Å². The van der Waals surface area contributed by atoms with E-state index in [-0.39, 0.29) is 0 Å². The van der Waals surface area contributed by atoms with Crippen molar-refractivity contribution in [2.24, 2.45) is 5.73 Å². The van der Waals surface area contributed by atoms with Gasteiger partial charge >= 0.3 is 0 Å². The molecule has 1 aliphatic rings. The van der Waals surface area contributed by atoms with Gasteiger partial charge in [0.05, 0.1) is 13.2 Å². The van der Waals surface area contributed by atoms with Crippen molar-refractivity contribution in [2.45, 2.75) is 32.9 Å². The highest BCUT2D eigenvalue weighted by Gasteiger charge is 2.15. The van der Waals surface area contributed by atoms with Crippen LogP contribution in [0.15, 0.2) is 0 Å². The molecule has 0 spiro atoms. The van der Waals surface area contributed by atoms with Gasteiger partial charge in [0.15, 0.2) is 0 Å². The number of rotatable bonds is 1. The molecule has 1 aliphatic heterocycles. The summed E-state index contributed by atoms with van der Waals surface area (Å²) in [5.74, 6) is 0. The highest BCUT2D eigenvalue weighted by Crippen LogP contribution is 1.96. The van der Waals surface area contributed by atoms with E-state index in [1.807, 2.05) is 13.8 Å². The van der Waals surface area contributed by atoms with Gasteiger partial charge in [-0.1, -0.05) is 13.8 Å². The lowest BCUT2D eigenvalue weighted by Gasteiger charge is -2.27. The van der Waals surface area contributed by atoms with E-state index >= 15 is 0 Å². The van der Waals surface area contributed by atoms with E-state index < -0.39 is 0 Å². The first-order chi connectivity index (χ1) is 5.33. The van der Waals surface area contributed by atoms with Crippen LogP contribution in [0.25, 0.3) is 0 Å². The highest BCUT2D eigenvalue weighted by molar-refractivity contribution is 4.75. The fraction of sp³-hybridized carbons (Fsp3) is 1.00. The lowest BCUT2D eigenvalue weighted by Crippen LogP contribution is -2.50. The van der Waals surface area contributed by atoms with E-state index in [1.165, 1.54) is 0 Å². The fourth-order valence-electron chi connectivity index (χ4n) is 1.02. The zero-order chi connectivity index (χ0) is 8.69. The van der Waals surface area contributed by atoms with Gasteiger partial charge in [0.2, 0.25) is 0 Å². The van der Waals surface area contributed by atoms with Crippen molar-refractivity contribution in [3.05, 3.63) is 0 Å². The first kappa shape index (κ1) is 10.9. The Morgan fingerprint density at radius 3 is 2.45 bits per heavy atom. The Balaban J connectivity index is 0.000000461. The molecule has 1 rings (SSSR count). The number of nitrogens with one attached hydrogen (secondary N) is 1. The molecule has 0 radical (unpaired) electrons. The highest BCUT2D eigenvalue weighted by atomic mass is 16.5. The largest absolute Gasteiger partial charge is 0.378 e. The molecule has 2 atom stereocenters. The molecule has 1 heterocycles. The molecular formula is C8H20N2O. The number of ether oxygens (including phenoxy) is 1. The molecule has 3 N–H and O–H groups in total. The van der Waals surface area contributed by atoms with Crippen LogP contribution in [-0.2, 0) is 4.74 Å². The van der Waals surface area contributed by atoms with E-state index in [0.717, 1.165) is 13.2 Å². The summed E-state index contributed by atoms with van der Waals surface area (Å²) in [5, 5.41) is 3.32. The van der Waals surface area contributed by atoms with Gasteiger partial charge in [0.25, 0.3) is 0 Å². The van der Waals surface area contributed by atoms with Gasteiger partial charge in [-0.3, -0.25) is 0 Å². The summed E-state index contributed by atoms with van der Waals surface area (Å²) in [5.41, 5.74) is 5.42. The predicted molar refractivity (Wildman–Crippen MR) is 47.6 cm³/mol. The zero-order valence-corrected chi connectivity index (χ0v) is 7.76. The molecule has 11 heavy (non-hydrogen) atoms. The van der Waals surface area contributed by atoms with Crippen LogP contribution >= 0.6 is 0 Å². The van der Waals surface area contributed by atoms with Crippen molar-refractivity contribution in [3.63, 3.8) is 0 Å². The monoisotopic (exact) mass is 160 g/mol. The zero-order valence-electron chi connectivity index (χ0n) is 7.76. The molecule has 1 fully saturated rings. The second-order valence-corrected chi connectivity index (χ2v) is 2.54. The minimum Gasteiger partial charge on any atom is -0.378 e. The van der Waals surface area contributed by atoms with Crippen molar-refractivity contribution >= 4 is 0 Å². The van der Waals surface area contributed by atoms with Crippen LogP contribution in [0.2, 0.25) is 0 Å². The second-order valence-electron chi connectivity index (χ2n) is 2.54. The molecule has 68 valence electrons. The first-order valence-corrected chi connectivity index (χ1v) is 4.37. The van der Waals surface area contributed by atoms with Crippen molar-refractivity contribution in [1.82, 2.24) is 5.32 Å². The van der Waals surface area contributed by atoms with E-state index in [4.69, 9.17) is 10.5 Å². The molecule has 0 aromatic heterocycles. The van der Waals surface area contributed by atoms with E-state index in [0.29, 0.717) is 18.6 Å². The molecule has 0 bridgehead atoms. The molecule has 3 nitrogen and oxygen atoms in total. The molecule has 2 unspecified atom stereocenters. The molecule has 1 saturated heterocycles. The Hall–Kier alpha value is -0.120. The summed E-state index contributed by atoms with van der Waals surface area (Å²) in [7, 11) is 0. The van der Waals surface area contributed by atoms with Gasteiger partial charge in [-0.25, -0.2) is 0 Å². The third-order valence-electron chi connectivity index (χ3n) is 1.49. The quantitative estimate of drug-likeness (QED) is 0.582. The van der Waals surface area contributed by atoms with Gasteiger partial charge in [0.1, 0.15) is 0 Å². The molecule has 0 saturated carbocycles. The van der Waals surface area contributed by atoms with Crippen molar-refractivity contribution in [3.8, 4) is 0 Å². The van der Waals surface area contributed by atoms with Crippen molar-refractivity contribution in [2.75, 3.05) is 19.8 Å². The maximum absolute atomic E-state index is 5.42. The van der Waals surface area contributed by atoms with Crippen LogP contribution in [0, 0.1) is 0 Å². The summed E-state index contributed by atoms with van der Waals surface area (Å²) in [4.78, 5) is 0. The SMILES string of the molecule is CC.CC1COCC(CN)N1. The molecule has 0 amide bonds.